The predicted molar refractivity (Wildman–Crippen MR) is 72.8 cm³/mol. The third kappa shape index (κ3) is 3.30. The summed E-state index contributed by atoms with van der Waals surface area (Å²) in [5.41, 5.74) is 1.02. The van der Waals surface area contributed by atoms with Crippen LogP contribution in [-0.4, -0.2) is 29.0 Å². The minimum Gasteiger partial charge on any atom is -0.465 e. The van der Waals surface area contributed by atoms with Crippen LogP contribution in [0.1, 0.15) is 20.8 Å². The van der Waals surface area contributed by atoms with E-state index in [0.29, 0.717) is 11.3 Å². The van der Waals surface area contributed by atoms with Crippen LogP contribution in [-0.2, 0) is 4.74 Å². The molecule has 1 aromatic heterocycles. The van der Waals surface area contributed by atoms with Crippen LogP contribution in [0, 0.1) is 0 Å². The Labute approximate surface area is 119 Å². The van der Waals surface area contributed by atoms with Crippen LogP contribution in [0.3, 0.4) is 0 Å². The molecule has 0 aliphatic rings. The monoisotopic (exact) mass is 291 g/mol. The van der Waals surface area contributed by atoms with E-state index in [-0.39, 0.29) is 10.8 Å². The summed E-state index contributed by atoms with van der Waals surface area (Å²) in [7, 11) is 1.30. The van der Waals surface area contributed by atoms with Crippen LogP contribution < -0.4 is 5.32 Å². The maximum atomic E-state index is 11.9. The fourth-order valence-corrected chi connectivity index (χ4v) is 1.60. The number of ether oxygens (including phenoxy) is 1. The summed E-state index contributed by atoms with van der Waals surface area (Å²) in [5.74, 6) is -0.880. The van der Waals surface area contributed by atoms with Crippen LogP contribution in [0.5, 0.6) is 0 Å². The number of nitrogens with zero attached hydrogens (tertiary/aromatic N) is 2. The SMILES string of the molecule is COC(=O)c1ccc(NC(=O)c2cncc(Cl)n2)cc1. The lowest BCUT2D eigenvalue weighted by molar-refractivity contribution is 0.0600. The van der Waals surface area contributed by atoms with Crippen molar-refractivity contribution in [2.75, 3.05) is 12.4 Å². The number of esters is 1. The van der Waals surface area contributed by atoms with E-state index in [0.717, 1.165) is 0 Å². The zero-order valence-electron chi connectivity index (χ0n) is 10.5. The maximum absolute atomic E-state index is 11.9. The molecule has 0 saturated heterocycles. The number of halogens is 1. The summed E-state index contributed by atoms with van der Waals surface area (Å²) in [6, 6.07) is 6.26. The molecule has 102 valence electrons. The van der Waals surface area contributed by atoms with Crippen LogP contribution >= 0.6 is 11.6 Å². The Bertz CT molecular complexity index is 644. The van der Waals surface area contributed by atoms with Gasteiger partial charge in [0, 0.05) is 5.69 Å². The van der Waals surface area contributed by atoms with E-state index in [2.05, 4.69) is 20.0 Å². The van der Waals surface area contributed by atoms with Crippen LogP contribution in [0.2, 0.25) is 5.15 Å². The number of hydrogen-bond acceptors (Lipinski definition) is 5. The number of carbonyl (C=O) groups is 2. The number of anilines is 1. The summed E-state index contributed by atoms with van der Waals surface area (Å²) in [4.78, 5) is 30.8. The van der Waals surface area contributed by atoms with Crippen molar-refractivity contribution in [2.45, 2.75) is 0 Å². The Kier molecular flexibility index (Phi) is 4.27. The second kappa shape index (κ2) is 6.12. The lowest BCUT2D eigenvalue weighted by Crippen LogP contribution is -2.14. The predicted octanol–water partition coefficient (Wildman–Crippen LogP) is 2.17. The maximum Gasteiger partial charge on any atom is 0.337 e. The van der Waals surface area contributed by atoms with Gasteiger partial charge in [0.05, 0.1) is 25.1 Å². The summed E-state index contributed by atoms with van der Waals surface area (Å²) in [5, 5.41) is 2.76. The Hall–Kier alpha value is -2.47. The summed E-state index contributed by atoms with van der Waals surface area (Å²) in [6.07, 6.45) is 2.65. The molecule has 0 aliphatic heterocycles. The molecule has 2 rings (SSSR count). The summed E-state index contributed by atoms with van der Waals surface area (Å²) >= 11 is 5.66. The van der Waals surface area contributed by atoms with Crippen molar-refractivity contribution >= 4 is 29.2 Å². The number of nitrogens with one attached hydrogen (secondary N) is 1. The number of methoxy groups -OCH3 is 1. The second-order valence-electron chi connectivity index (χ2n) is 3.75. The molecule has 1 N–H and O–H groups in total. The molecule has 2 aromatic rings. The van der Waals surface area contributed by atoms with Gasteiger partial charge in [0.15, 0.2) is 0 Å². The fourth-order valence-electron chi connectivity index (χ4n) is 1.45. The van der Waals surface area contributed by atoms with Gasteiger partial charge in [-0.25, -0.2) is 9.78 Å². The molecule has 1 amide bonds. The molecule has 20 heavy (non-hydrogen) atoms. The highest BCUT2D eigenvalue weighted by Gasteiger charge is 2.10. The topological polar surface area (TPSA) is 81.2 Å². The van der Waals surface area contributed by atoms with Crippen molar-refractivity contribution in [2.24, 2.45) is 0 Å². The number of amides is 1. The van der Waals surface area contributed by atoms with Crippen LogP contribution in [0.15, 0.2) is 36.7 Å². The molecule has 0 atom stereocenters. The molecule has 0 spiro atoms. The zero-order chi connectivity index (χ0) is 14.5. The lowest BCUT2D eigenvalue weighted by atomic mass is 10.2. The van der Waals surface area contributed by atoms with Gasteiger partial charge in [0.1, 0.15) is 10.8 Å². The highest BCUT2D eigenvalue weighted by Crippen LogP contribution is 2.12. The van der Waals surface area contributed by atoms with Gasteiger partial charge in [-0.05, 0) is 24.3 Å². The van der Waals surface area contributed by atoms with Crippen molar-refractivity contribution in [1.82, 2.24) is 9.97 Å². The molecule has 0 fully saturated rings. The third-order valence-corrected chi connectivity index (χ3v) is 2.58. The molecule has 0 bridgehead atoms. The Balaban J connectivity index is 2.10. The van der Waals surface area contributed by atoms with Crippen LogP contribution in [0.4, 0.5) is 5.69 Å². The molecule has 1 heterocycles. The fraction of sp³-hybridized carbons (Fsp3) is 0.0769. The normalized spacial score (nSPS) is 9.90. The van der Waals surface area contributed by atoms with Gasteiger partial charge in [-0.3, -0.25) is 9.78 Å². The summed E-state index contributed by atoms with van der Waals surface area (Å²) in [6.45, 7) is 0. The molecule has 0 radical (unpaired) electrons. The Morgan fingerprint density at radius 2 is 1.90 bits per heavy atom. The molecule has 6 nitrogen and oxygen atoms in total. The Morgan fingerprint density at radius 3 is 2.50 bits per heavy atom. The highest BCUT2D eigenvalue weighted by atomic mass is 35.5. The standard InChI is InChI=1S/C13H10ClN3O3/c1-20-13(19)8-2-4-9(5-3-8)16-12(18)10-6-15-7-11(14)17-10/h2-7H,1H3,(H,16,18). The van der Waals surface area contributed by atoms with Crippen molar-refractivity contribution < 1.29 is 14.3 Å². The van der Waals surface area contributed by atoms with E-state index in [1.54, 1.807) is 24.3 Å². The van der Waals surface area contributed by atoms with Gasteiger partial charge in [0.25, 0.3) is 5.91 Å². The molecule has 7 heteroatoms. The first-order chi connectivity index (χ1) is 9.60. The molecular formula is C13H10ClN3O3. The number of rotatable bonds is 3. The minimum absolute atomic E-state index is 0.106. The first-order valence-corrected chi connectivity index (χ1v) is 5.95. The van der Waals surface area contributed by atoms with Gasteiger partial charge in [0.2, 0.25) is 0 Å². The highest BCUT2D eigenvalue weighted by molar-refractivity contribution is 6.29. The van der Waals surface area contributed by atoms with E-state index in [9.17, 15) is 9.59 Å². The van der Waals surface area contributed by atoms with E-state index < -0.39 is 11.9 Å². The van der Waals surface area contributed by atoms with Gasteiger partial charge in [-0.1, -0.05) is 11.6 Å². The van der Waals surface area contributed by atoms with Crippen molar-refractivity contribution in [3.05, 3.63) is 53.1 Å². The first-order valence-electron chi connectivity index (χ1n) is 5.57. The van der Waals surface area contributed by atoms with Gasteiger partial charge in [-0.2, -0.15) is 0 Å². The van der Waals surface area contributed by atoms with Gasteiger partial charge >= 0.3 is 5.97 Å². The molecule has 0 unspecified atom stereocenters. The van der Waals surface area contributed by atoms with Crippen molar-refractivity contribution in [3.8, 4) is 0 Å². The van der Waals surface area contributed by atoms with E-state index in [1.807, 2.05) is 0 Å². The van der Waals surface area contributed by atoms with Crippen LogP contribution in [0.25, 0.3) is 0 Å². The minimum atomic E-state index is -0.441. The van der Waals surface area contributed by atoms with Gasteiger partial charge < -0.3 is 10.1 Å². The van der Waals surface area contributed by atoms with Gasteiger partial charge in [-0.15, -0.1) is 0 Å². The number of hydrogen-bond donors (Lipinski definition) is 1. The third-order valence-electron chi connectivity index (χ3n) is 2.40. The van der Waals surface area contributed by atoms with E-state index in [4.69, 9.17) is 11.6 Å². The molecule has 0 aliphatic carbocycles. The zero-order valence-corrected chi connectivity index (χ0v) is 11.2. The van der Waals surface area contributed by atoms with Crippen molar-refractivity contribution in [3.63, 3.8) is 0 Å². The average molecular weight is 292 g/mol. The van der Waals surface area contributed by atoms with E-state index >= 15 is 0 Å². The molecule has 1 aromatic carbocycles. The molecule has 0 saturated carbocycles. The quantitative estimate of drug-likeness (QED) is 0.877. The first kappa shape index (κ1) is 14.0. The average Bonchev–Trinajstić information content (AvgIpc) is 2.47. The van der Waals surface area contributed by atoms with E-state index in [1.165, 1.54) is 19.5 Å². The van der Waals surface area contributed by atoms with Crippen molar-refractivity contribution in [1.29, 1.82) is 0 Å². The largest absolute Gasteiger partial charge is 0.465 e. The summed E-state index contributed by atoms with van der Waals surface area (Å²) < 4.78 is 4.58. The number of aromatic nitrogens is 2. The number of carbonyl (C=O) groups excluding carboxylic acids is 2. The lowest BCUT2D eigenvalue weighted by Gasteiger charge is -2.05. The molecular weight excluding hydrogens is 282 g/mol. The Morgan fingerprint density at radius 1 is 1.20 bits per heavy atom. The smallest absolute Gasteiger partial charge is 0.337 e. The number of benzene rings is 1. The second-order valence-corrected chi connectivity index (χ2v) is 4.14.